The minimum atomic E-state index is -0.719. The van der Waals surface area contributed by atoms with Gasteiger partial charge in [-0.1, -0.05) is 40.2 Å². The standard InChI is InChI=1S/C18H16BrFO/c19-11-6-8-15(20)14(9-11)18(21)17-13-7-5-10-3-1-2-4-12(10)16(13)17/h1-4,6,8-9,13,16-18,21H,5,7H2. The van der Waals surface area contributed by atoms with Crippen molar-refractivity contribution in [3.8, 4) is 0 Å². The van der Waals surface area contributed by atoms with Gasteiger partial charge >= 0.3 is 0 Å². The quantitative estimate of drug-likeness (QED) is 0.842. The normalized spacial score (nSPS) is 27.7. The molecular formula is C18H16BrFO. The lowest BCUT2D eigenvalue weighted by Gasteiger charge is -2.14. The molecule has 0 spiro atoms. The van der Waals surface area contributed by atoms with Crippen LogP contribution in [0.1, 0.15) is 35.1 Å². The van der Waals surface area contributed by atoms with Crippen LogP contribution in [0.2, 0.25) is 0 Å². The number of aliphatic hydroxyl groups excluding tert-OH is 1. The van der Waals surface area contributed by atoms with Crippen LogP contribution >= 0.6 is 15.9 Å². The van der Waals surface area contributed by atoms with Crippen molar-refractivity contribution >= 4 is 15.9 Å². The fraction of sp³-hybridized carbons (Fsp3) is 0.333. The zero-order valence-corrected chi connectivity index (χ0v) is 13.1. The average Bonchev–Trinajstić information content (AvgIpc) is 3.24. The number of aliphatic hydroxyl groups is 1. The van der Waals surface area contributed by atoms with E-state index in [0.717, 1.165) is 17.3 Å². The summed E-state index contributed by atoms with van der Waals surface area (Å²) < 4.78 is 14.8. The molecule has 0 bridgehead atoms. The Bertz CT molecular complexity index is 699. The predicted molar refractivity (Wildman–Crippen MR) is 83.5 cm³/mol. The maximum absolute atomic E-state index is 14.0. The number of rotatable bonds is 2. The predicted octanol–water partition coefficient (Wildman–Crippen LogP) is 4.60. The molecule has 108 valence electrons. The topological polar surface area (TPSA) is 20.2 Å². The second-order valence-corrected chi connectivity index (χ2v) is 7.03. The highest BCUT2D eigenvalue weighted by atomic mass is 79.9. The zero-order valence-electron chi connectivity index (χ0n) is 11.5. The third-order valence-electron chi connectivity index (χ3n) is 5.03. The van der Waals surface area contributed by atoms with Gasteiger partial charge in [0.15, 0.2) is 0 Å². The Hall–Kier alpha value is -1.19. The maximum atomic E-state index is 14.0. The third-order valence-corrected chi connectivity index (χ3v) is 5.53. The number of aryl methyl sites for hydroxylation is 1. The molecule has 1 nitrogen and oxygen atoms in total. The highest BCUT2D eigenvalue weighted by Gasteiger charge is 2.56. The molecule has 4 rings (SSSR count). The van der Waals surface area contributed by atoms with Gasteiger partial charge in [-0.2, -0.15) is 0 Å². The molecule has 21 heavy (non-hydrogen) atoms. The molecule has 2 aromatic carbocycles. The van der Waals surface area contributed by atoms with Crippen LogP contribution in [-0.2, 0) is 6.42 Å². The summed E-state index contributed by atoms with van der Waals surface area (Å²) in [5, 5.41) is 10.7. The fourth-order valence-electron chi connectivity index (χ4n) is 4.00. The van der Waals surface area contributed by atoms with Crippen molar-refractivity contribution in [3.05, 3.63) is 69.4 Å². The molecule has 0 aromatic heterocycles. The first-order valence-corrected chi connectivity index (χ1v) is 8.17. The summed E-state index contributed by atoms with van der Waals surface area (Å²) >= 11 is 3.36. The Labute approximate surface area is 131 Å². The Kier molecular flexibility index (Phi) is 3.16. The summed E-state index contributed by atoms with van der Waals surface area (Å²) in [5.41, 5.74) is 3.16. The van der Waals surface area contributed by atoms with Crippen molar-refractivity contribution in [2.75, 3.05) is 0 Å². The molecule has 0 saturated heterocycles. The first-order valence-electron chi connectivity index (χ1n) is 7.37. The fourth-order valence-corrected chi connectivity index (χ4v) is 4.38. The SMILES string of the molecule is OC(c1cc(Br)ccc1F)C1C2CCc3ccccc3C21. The van der Waals surface area contributed by atoms with Gasteiger partial charge in [0.2, 0.25) is 0 Å². The van der Waals surface area contributed by atoms with E-state index in [1.165, 1.54) is 17.2 Å². The number of hydrogen-bond donors (Lipinski definition) is 1. The molecule has 1 fully saturated rings. The van der Waals surface area contributed by atoms with E-state index >= 15 is 0 Å². The van der Waals surface area contributed by atoms with Crippen molar-refractivity contribution in [2.45, 2.75) is 24.9 Å². The van der Waals surface area contributed by atoms with E-state index in [1.54, 1.807) is 12.1 Å². The first-order chi connectivity index (χ1) is 10.2. The van der Waals surface area contributed by atoms with E-state index in [4.69, 9.17) is 0 Å². The molecule has 2 aliphatic rings. The highest BCUT2D eigenvalue weighted by Crippen LogP contribution is 2.64. The second-order valence-electron chi connectivity index (χ2n) is 6.12. The maximum Gasteiger partial charge on any atom is 0.129 e. The summed E-state index contributed by atoms with van der Waals surface area (Å²) in [4.78, 5) is 0. The van der Waals surface area contributed by atoms with Crippen molar-refractivity contribution in [2.24, 2.45) is 11.8 Å². The van der Waals surface area contributed by atoms with Crippen LogP contribution in [0.3, 0.4) is 0 Å². The summed E-state index contributed by atoms with van der Waals surface area (Å²) in [5.74, 6) is 0.719. The van der Waals surface area contributed by atoms with Gasteiger partial charge in [0.1, 0.15) is 5.82 Å². The molecular weight excluding hydrogens is 331 g/mol. The first kappa shape index (κ1) is 13.5. The van der Waals surface area contributed by atoms with Crippen LogP contribution in [-0.4, -0.2) is 5.11 Å². The van der Waals surface area contributed by atoms with Crippen molar-refractivity contribution in [1.29, 1.82) is 0 Å². The van der Waals surface area contributed by atoms with Crippen LogP contribution in [0, 0.1) is 17.7 Å². The largest absolute Gasteiger partial charge is 0.388 e. The molecule has 1 N–H and O–H groups in total. The monoisotopic (exact) mass is 346 g/mol. The lowest BCUT2D eigenvalue weighted by Crippen LogP contribution is -2.05. The third kappa shape index (κ3) is 2.14. The summed E-state index contributed by atoms with van der Waals surface area (Å²) in [6, 6.07) is 13.3. The molecule has 2 aromatic rings. The summed E-state index contributed by atoms with van der Waals surface area (Å²) in [6.45, 7) is 0. The summed E-state index contributed by atoms with van der Waals surface area (Å²) in [6.07, 6.45) is 1.45. The number of benzene rings is 2. The minimum Gasteiger partial charge on any atom is -0.388 e. The highest BCUT2D eigenvalue weighted by molar-refractivity contribution is 9.10. The zero-order chi connectivity index (χ0) is 14.6. The van der Waals surface area contributed by atoms with Crippen molar-refractivity contribution in [3.63, 3.8) is 0 Å². The van der Waals surface area contributed by atoms with E-state index in [2.05, 4.69) is 40.2 Å². The Morgan fingerprint density at radius 3 is 2.86 bits per heavy atom. The average molecular weight is 347 g/mol. The van der Waals surface area contributed by atoms with Crippen LogP contribution < -0.4 is 0 Å². The molecule has 2 aliphatic carbocycles. The van der Waals surface area contributed by atoms with E-state index in [9.17, 15) is 9.50 Å². The molecule has 3 heteroatoms. The second kappa shape index (κ2) is 4.92. The van der Waals surface area contributed by atoms with Crippen LogP contribution in [0.5, 0.6) is 0 Å². The van der Waals surface area contributed by atoms with Gasteiger partial charge in [0.25, 0.3) is 0 Å². The molecule has 1 saturated carbocycles. The van der Waals surface area contributed by atoms with Crippen molar-refractivity contribution in [1.82, 2.24) is 0 Å². The molecule has 4 atom stereocenters. The van der Waals surface area contributed by atoms with Crippen molar-refractivity contribution < 1.29 is 9.50 Å². The van der Waals surface area contributed by atoms with E-state index in [0.29, 0.717) is 17.4 Å². The molecule has 4 unspecified atom stereocenters. The molecule has 0 heterocycles. The van der Waals surface area contributed by atoms with Crippen LogP contribution in [0.4, 0.5) is 4.39 Å². The van der Waals surface area contributed by atoms with Gasteiger partial charge in [-0.15, -0.1) is 0 Å². The van der Waals surface area contributed by atoms with Gasteiger partial charge in [-0.05, 0) is 59.9 Å². The Morgan fingerprint density at radius 1 is 1.19 bits per heavy atom. The van der Waals surface area contributed by atoms with Gasteiger partial charge in [-0.3, -0.25) is 0 Å². The summed E-state index contributed by atoms with van der Waals surface area (Å²) in [7, 11) is 0. The Balaban J connectivity index is 1.66. The van der Waals surface area contributed by atoms with Gasteiger partial charge in [0.05, 0.1) is 6.10 Å². The smallest absolute Gasteiger partial charge is 0.129 e. The van der Waals surface area contributed by atoms with E-state index in [1.807, 2.05) is 0 Å². The minimum absolute atomic E-state index is 0.150. The van der Waals surface area contributed by atoms with Gasteiger partial charge in [-0.25, -0.2) is 4.39 Å². The van der Waals surface area contributed by atoms with E-state index in [-0.39, 0.29) is 11.7 Å². The molecule has 0 radical (unpaired) electrons. The Morgan fingerprint density at radius 2 is 2.00 bits per heavy atom. The number of halogens is 2. The lowest BCUT2D eigenvalue weighted by atomic mass is 9.92. The van der Waals surface area contributed by atoms with Crippen LogP contribution in [0.25, 0.3) is 0 Å². The molecule has 0 aliphatic heterocycles. The van der Waals surface area contributed by atoms with Gasteiger partial charge in [0, 0.05) is 10.0 Å². The lowest BCUT2D eigenvalue weighted by molar-refractivity contribution is 0.140. The van der Waals surface area contributed by atoms with Gasteiger partial charge < -0.3 is 5.11 Å². The van der Waals surface area contributed by atoms with Crippen LogP contribution in [0.15, 0.2) is 46.9 Å². The van der Waals surface area contributed by atoms with E-state index < -0.39 is 6.10 Å². The molecule has 0 amide bonds. The number of fused-ring (bicyclic) bond motifs is 3. The number of hydrogen-bond acceptors (Lipinski definition) is 1.